The van der Waals surface area contributed by atoms with Crippen LogP contribution in [0.2, 0.25) is 0 Å². The van der Waals surface area contributed by atoms with Crippen molar-refractivity contribution < 1.29 is 4.79 Å². The van der Waals surface area contributed by atoms with Crippen LogP contribution in [0.15, 0.2) is 158 Å². The summed E-state index contributed by atoms with van der Waals surface area (Å²) < 4.78 is 0. The fraction of sp³-hybridized carbons (Fsp3) is 0.0789. The highest BCUT2D eigenvalue weighted by Gasteiger charge is 2.48. The van der Waals surface area contributed by atoms with Crippen molar-refractivity contribution >= 4 is 22.7 Å². The second kappa shape index (κ2) is 11.0. The van der Waals surface area contributed by atoms with Crippen molar-refractivity contribution in [3.05, 3.63) is 186 Å². The molecule has 1 aliphatic heterocycles. The maximum atomic E-state index is 14.7. The van der Waals surface area contributed by atoms with Crippen molar-refractivity contribution in [2.45, 2.75) is 12.3 Å². The average molecular weight is 518 g/mol. The van der Waals surface area contributed by atoms with Crippen molar-refractivity contribution in [1.29, 1.82) is 0 Å². The summed E-state index contributed by atoms with van der Waals surface area (Å²) in [6.45, 7) is 2.64. The predicted molar refractivity (Wildman–Crippen MR) is 166 cm³/mol. The highest BCUT2D eigenvalue weighted by Crippen LogP contribution is 2.47. The van der Waals surface area contributed by atoms with Crippen LogP contribution in [-0.2, 0) is 10.2 Å². The lowest BCUT2D eigenvalue weighted by Gasteiger charge is -2.26. The molecule has 0 radical (unpaired) electrons. The SMILES string of the molecule is CCN1C(=O)C(C=C(c2ccccc2)c2ccccc2)(C=C(c2ccccc2)c2ccccc2)c2ccccc21. The maximum absolute atomic E-state index is 14.7. The first-order valence-corrected chi connectivity index (χ1v) is 13.8. The molecule has 40 heavy (non-hydrogen) atoms. The van der Waals surface area contributed by atoms with Crippen LogP contribution in [0.3, 0.4) is 0 Å². The Morgan fingerprint density at radius 1 is 0.550 bits per heavy atom. The van der Waals surface area contributed by atoms with Crippen LogP contribution in [0.5, 0.6) is 0 Å². The first-order valence-electron chi connectivity index (χ1n) is 13.8. The van der Waals surface area contributed by atoms with Gasteiger partial charge in [0.1, 0.15) is 5.41 Å². The number of rotatable bonds is 7. The third kappa shape index (κ3) is 4.58. The van der Waals surface area contributed by atoms with Gasteiger partial charge in [0, 0.05) is 12.2 Å². The molecular formula is C38H31NO. The molecule has 0 aliphatic carbocycles. The van der Waals surface area contributed by atoms with E-state index >= 15 is 0 Å². The summed E-state index contributed by atoms with van der Waals surface area (Å²) in [6, 6.07) is 49.7. The van der Waals surface area contributed by atoms with Crippen molar-refractivity contribution in [1.82, 2.24) is 0 Å². The Labute approximate surface area is 236 Å². The van der Waals surface area contributed by atoms with Gasteiger partial charge in [-0.1, -0.05) is 152 Å². The lowest BCUT2D eigenvalue weighted by Crippen LogP contribution is -2.38. The second-order valence-corrected chi connectivity index (χ2v) is 10.0. The topological polar surface area (TPSA) is 20.3 Å². The van der Waals surface area contributed by atoms with Crippen LogP contribution in [0.4, 0.5) is 5.69 Å². The number of hydrogen-bond donors (Lipinski definition) is 0. The Hall–Kier alpha value is -4.95. The number of nitrogens with zero attached hydrogens (tertiary/aromatic N) is 1. The summed E-state index contributed by atoms with van der Waals surface area (Å²) in [7, 11) is 0. The third-order valence-corrected chi connectivity index (χ3v) is 7.64. The molecule has 0 fully saturated rings. The molecule has 6 rings (SSSR count). The molecule has 0 unspecified atom stereocenters. The van der Waals surface area contributed by atoms with Gasteiger partial charge in [-0.3, -0.25) is 4.79 Å². The molecule has 5 aromatic rings. The number of carbonyl (C=O) groups excluding carboxylic acids is 1. The van der Waals surface area contributed by atoms with E-state index in [0.717, 1.165) is 44.7 Å². The molecule has 2 heteroatoms. The number of benzene rings is 5. The Bertz CT molecular complexity index is 1490. The van der Waals surface area contributed by atoms with Gasteiger partial charge in [-0.25, -0.2) is 0 Å². The van der Waals surface area contributed by atoms with Crippen LogP contribution in [0.25, 0.3) is 11.1 Å². The lowest BCUT2D eigenvalue weighted by molar-refractivity contribution is -0.120. The van der Waals surface area contributed by atoms with Crippen LogP contribution >= 0.6 is 0 Å². The molecule has 0 N–H and O–H groups in total. The standard InChI is InChI=1S/C38H31NO/c1-2-39-36-26-16-15-25-35(36)38(37(39)40,27-33(29-17-7-3-8-18-29)30-19-9-4-10-20-30)28-34(31-21-11-5-12-22-31)32-23-13-6-14-24-32/h3-28H,2H2,1H3. The van der Waals surface area contributed by atoms with E-state index in [9.17, 15) is 4.79 Å². The van der Waals surface area contributed by atoms with Gasteiger partial charge < -0.3 is 4.90 Å². The zero-order valence-corrected chi connectivity index (χ0v) is 22.6. The number of hydrogen-bond acceptors (Lipinski definition) is 1. The van der Waals surface area contributed by atoms with Gasteiger partial charge in [-0.15, -0.1) is 0 Å². The Morgan fingerprint density at radius 3 is 1.27 bits per heavy atom. The van der Waals surface area contributed by atoms with Crippen LogP contribution in [-0.4, -0.2) is 12.5 Å². The number of likely N-dealkylation sites (N-methyl/N-ethyl adjacent to an activating group) is 1. The van der Waals surface area contributed by atoms with Crippen molar-refractivity contribution in [2.75, 3.05) is 11.4 Å². The molecule has 194 valence electrons. The summed E-state index contributed by atoms with van der Waals surface area (Å²) in [4.78, 5) is 16.7. The summed E-state index contributed by atoms with van der Waals surface area (Å²) >= 11 is 0. The first kappa shape index (κ1) is 25.3. The van der Waals surface area contributed by atoms with Crippen LogP contribution < -0.4 is 4.90 Å². The fourth-order valence-electron chi connectivity index (χ4n) is 5.73. The predicted octanol–water partition coefficient (Wildman–Crippen LogP) is 8.55. The number of fused-ring (bicyclic) bond motifs is 1. The van der Waals surface area contributed by atoms with Gasteiger partial charge >= 0.3 is 0 Å². The minimum Gasteiger partial charge on any atom is -0.311 e. The lowest BCUT2D eigenvalue weighted by atomic mass is 9.75. The molecule has 1 amide bonds. The van der Waals surface area contributed by atoms with Gasteiger partial charge in [0.25, 0.3) is 0 Å². The van der Waals surface area contributed by atoms with E-state index in [2.05, 4.69) is 121 Å². The summed E-state index contributed by atoms with van der Waals surface area (Å²) in [5.74, 6) is 0.0601. The molecule has 5 aromatic carbocycles. The molecule has 0 saturated carbocycles. The third-order valence-electron chi connectivity index (χ3n) is 7.64. The minimum atomic E-state index is -1.02. The van der Waals surface area contributed by atoms with E-state index in [1.165, 1.54) is 0 Å². The number of anilines is 1. The molecule has 1 aliphatic rings. The van der Waals surface area contributed by atoms with Crippen LogP contribution in [0, 0.1) is 0 Å². The Morgan fingerprint density at radius 2 is 0.900 bits per heavy atom. The van der Waals surface area contributed by atoms with Gasteiger partial charge in [0.15, 0.2) is 0 Å². The second-order valence-electron chi connectivity index (χ2n) is 10.0. The smallest absolute Gasteiger partial charge is 0.245 e. The minimum absolute atomic E-state index is 0.0601. The van der Waals surface area contributed by atoms with Crippen molar-refractivity contribution in [2.24, 2.45) is 0 Å². The number of para-hydroxylation sites is 1. The van der Waals surface area contributed by atoms with Gasteiger partial charge in [0.2, 0.25) is 5.91 Å². The van der Waals surface area contributed by atoms with E-state index in [1.807, 2.05) is 48.2 Å². The van der Waals surface area contributed by atoms with E-state index < -0.39 is 5.41 Å². The molecule has 2 nitrogen and oxygen atoms in total. The quantitative estimate of drug-likeness (QED) is 0.212. The summed E-state index contributed by atoms with van der Waals surface area (Å²) in [5.41, 5.74) is 7.28. The average Bonchev–Trinajstić information content (AvgIpc) is 3.27. The summed E-state index contributed by atoms with van der Waals surface area (Å²) in [6.07, 6.45) is 4.39. The molecule has 0 aromatic heterocycles. The highest BCUT2D eigenvalue weighted by atomic mass is 16.2. The highest BCUT2D eigenvalue weighted by molar-refractivity contribution is 6.13. The number of amides is 1. The molecule has 0 bridgehead atoms. The van der Waals surface area contributed by atoms with E-state index in [-0.39, 0.29) is 5.91 Å². The zero-order chi connectivity index (χ0) is 27.4. The van der Waals surface area contributed by atoms with E-state index in [1.54, 1.807) is 0 Å². The summed E-state index contributed by atoms with van der Waals surface area (Å²) in [5, 5.41) is 0. The van der Waals surface area contributed by atoms with Crippen molar-refractivity contribution in [3.8, 4) is 0 Å². The maximum Gasteiger partial charge on any atom is 0.245 e. The molecule has 0 spiro atoms. The zero-order valence-electron chi connectivity index (χ0n) is 22.6. The van der Waals surface area contributed by atoms with E-state index in [4.69, 9.17) is 0 Å². The number of carbonyl (C=O) groups is 1. The Balaban J connectivity index is 1.72. The van der Waals surface area contributed by atoms with Gasteiger partial charge in [-0.2, -0.15) is 0 Å². The van der Waals surface area contributed by atoms with E-state index in [0.29, 0.717) is 6.54 Å². The molecule has 0 saturated heterocycles. The van der Waals surface area contributed by atoms with Crippen molar-refractivity contribution in [3.63, 3.8) is 0 Å². The Kier molecular flexibility index (Phi) is 6.99. The molecular weight excluding hydrogens is 486 g/mol. The largest absolute Gasteiger partial charge is 0.311 e. The first-order chi connectivity index (χ1) is 19.7. The normalized spacial score (nSPS) is 13.4. The molecule has 0 atom stereocenters. The van der Waals surface area contributed by atoms with Crippen LogP contribution in [0.1, 0.15) is 34.7 Å². The fourth-order valence-corrected chi connectivity index (χ4v) is 5.73. The molecule has 1 heterocycles. The van der Waals surface area contributed by atoms with Gasteiger partial charge in [-0.05, 0) is 52.0 Å². The monoisotopic (exact) mass is 517 g/mol. The van der Waals surface area contributed by atoms with Gasteiger partial charge in [0.05, 0.1) is 0 Å².